The predicted octanol–water partition coefficient (Wildman–Crippen LogP) is 3.90. The molecular weight excluding hydrogens is 288 g/mol. The zero-order chi connectivity index (χ0) is 12.8. The van der Waals surface area contributed by atoms with Crippen molar-refractivity contribution in [2.24, 2.45) is 0 Å². The van der Waals surface area contributed by atoms with Crippen molar-refractivity contribution < 1.29 is 5.11 Å². The second kappa shape index (κ2) is 6.72. The van der Waals surface area contributed by atoms with Crippen LogP contribution in [-0.4, -0.2) is 10.4 Å². The average molecular weight is 305 g/mol. The molecule has 0 radical (unpaired) electrons. The second-order valence-corrected chi connectivity index (χ2v) is 5.18. The molecular formula is C16H17BrO. The van der Waals surface area contributed by atoms with E-state index < -0.39 is 6.10 Å². The van der Waals surface area contributed by atoms with Gasteiger partial charge in [0, 0.05) is 11.8 Å². The van der Waals surface area contributed by atoms with Gasteiger partial charge in [0.25, 0.3) is 0 Å². The standard InChI is InChI=1S/C16H17BrO/c17-11-10-13-6-8-15(9-7-13)16(18)12-14-4-2-1-3-5-14/h1-9,16,18H,10-12H2. The molecule has 2 heteroatoms. The molecule has 0 bridgehead atoms. The Kier molecular flexibility index (Phi) is 4.97. The molecule has 0 aliphatic heterocycles. The van der Waals surface area contributed by atoms with E-state index in [9.17, 15) is 5.11 Å². The average Bonchev–Trinajstić information content (AvgIpc) is 2.41. The van der Waals surface area contributed by atoms with Crippen molar-refractivity contribution in [3.05, 3.63) is 71.3 Å². The van der Waals surface area contributed by atoms with E-state index in [0.29, 0.717) is 6.42 Å². The van der Waals surface area contributed by atoms with Crippen molar-refractivity contribution in [3.8, 4) is 0 Å². The fourth-order valence-electron chi connectivity index (χ4n) is 1.97. The van der Waals surface area contributed by atoms with Crippen LogP contribution in [0.5, 0.6) is 0 Å². The molecule has 0 amide bonds. The highest BCUT2D eigenvalue weighted by molar-refractivity contribution is 9.09. The summed E-state index contributed by atoms with van der Waals surface area (Å²) in [5, 5.41) is 11.2. The van der Waals surface area contributed by atoms with Gasteiger partial charge in [-0.05, 0) is 23.1 Å². The molecule has 2 rings (SSSR count). The predicted molar refractivity (Wildman–Crippen MR) is 79.0 cm³/mol. The Bertz CT molecular complexity index is 464. The fraction of sp³-hybridized carbons (Fsp3) is 0.250. The highest BCUT2D eigenvalue weighted by atomic mass is 79.9. The van der Waals surface area contributed by atoms with E-state index in [1.807, 2.05) is 42.5 Å². The number of aryl methyl sites for hydroxylation is 1. The summed E-state index contributed by atoms with van der Waals surface area (Å²) in [6, 6.07) is 18.3. The molecule has 94 valence electrons. The Balaban J connectivity index is 2.02. The van der Waals surface area contributed by atoms with Gasteiger partial charge in [0.2, 0.25) is 0 Å². The monoisotopic (exact) mass is 304 g/mol. The van der Waals surface area contributed by atoms with Gasteiger partial charge in [-0.1, -0.05) is 70.5 Å². The molecule has 1 N–H and O–H groups in total. The van der Waals surface area contributed by atoms with Crippen LogP contribution in [0.2, 0.25) is 0 Å². The number of aliphatic hydroxyl groups excluding tert-OH is 1. The van der Waals surface area contributed by atoms with Gasteiger partial charge in [-0.3, -0.25) is 0 Å². The molecule has 0 saturated carbocycles. The third-order valence-corrected chi connectivity index (χ3v) is 3.42. The van der Waals surface area contributed by atoms with Gasteiger partial charge in [-0.25, -0.2) is 0 Å². The number of benzene rings is 2. The first-order valence-electron chi connectivity index (χ1n) is 6.16. The lowest BCUT2D eigenvalue weighted by atomic mass is 10.00. The Morgan fingerprint density at radius 2 is 1.56 bits per heavy atom. The van der Waals surface area contributed by atoms with Gasteiger partial charge in [-0.2, -0.15) is 0 Å². The summed E-state index contributed by atoms with van der Waals surface area (Å²) in [4.78, 5) is 0. The van der Waals surface area contributed by atoms with Gasteiger partial charge in [0.1, 0.15) is 0 Å². The first-order chi connectivity index (χ1) is 8.79. The number of hydrogen-bond donors (Lipinski definition) is 1. The lowest BCUT2D eigenvalue weighted by molar-refractivity contribution is 0.178. The molecule has 0 aromatic heterocycles. The molecule has 1 nitrogen and oxygen atoms in total. The number of hydrogen-bond acceptors (Lipinski definition) is 1. The SMILES string of the molecule is OC(Cc1ccccc1)c1ccc(CCBr)cc1. The van der Waals surface area contributed by atoms with Crippen LogP contribution < -0.4 is 0 Å². The van der Waals surface area contributed by atoms with Crippen LogP contribution in [0, 0.1) is 0 Å². The highest BCUT2D eigenvalue weighted by Crippen LogP contribution is 2.19. The largest absolute Gasteiger partial charge is 0.388 e. The molecule has 0 aliphatic rings. The molecule has 0 saturated heterocycles. The smallest absolute Gasteiger partial charge is 0.0830 e. The van der Waals surface area contributed by atoms with Crippen LogP contribution in [-0.2, 0) is 12.8 Å². The van der Waals surface area contributed by atoms with E-state index in [4.69, 9.17) is 0 Å². The van der Waals surface area contributed by atoms with Crippen LogP contribution in [0.25, 0.3) is 0 Å². The third-order valence-electron chi connectivity index (χ3n) is 3.02. The van der Waals surface area contributed by atoms with Gasteiger partial charge >= 0.3 is 0 Å². The number of alkyl halides is 1. The molecule has 18 heavy (non-hydrogen) atoms. The Morgan fingerprint density at radius 3 is 2.17 bits per heavy atom. The minimum atomic E-state index is -0.426. The summed E-state index contributed by atoms with van der Waals surface area (Å²) in [5.74, 6) is 0. The van der Waals surface area contributed by atoms with Crippen LogP contribution >= 0.6 is 15.9 Å². The van der Waals surface area contributed by atoms with Crippen LogP contribution in [0.1, 0.15) is 22.8 Å². The van der Waals surface area contributed by atoms with Crippen molar-refractivity contribution in [1.29, 1.82) is 0 Å². The van der Waals surface area contributed by atoms with E-state index in [0.717, 1.165) is 22.9 Å². The van der Waals surface area contributed by atoms with Crippen LogP contribution in [0.3, 0.4) is 0 Å². The lowest BCUT2D eigenvalue weighted by Crippen LogP contribution is -2.01. The number of aliphatic hydroxyl groups is 1. The fourth-order valence-corrected chi connectivity index (χ4v) is 2.43. The second-order valence-electron chi connectivity index (χ2n) is 4.39. The maximum Gasteiger partial charge on any atom is 0.0830 e. The van der Waals surface area contributed by atoms with Crippen molar-refractivity contribution >= 4 is 15.9 Å². The first-order valence-corrected chi connectivity index (χ1v) is 7.28. The summed E-state index contributed by atoms with van der Waals surface area (Å²) in [7, 11) is 0. The quantitative estimate of drug-likeness (QED) is 0.831. The highest BCUT2D eigenvalue weighted by Gasteiger charge is 2.08. The van der Waals surface area contributed by atoms with Gasteiger partial charge in [-0.15, -0.1) is 0 Å². The summed E-state index contributed by atoms with van der Waals surface area (Å²) in [6.45, 7) is 0. The molecule has 0 spiro atoms. The Labute approximate surface area is 117 Å². The number of halogens is 1. The van der Waals surface area contributed by atoms with Gasteiger partial charge in [0.15, 0.2) is 0 Å². The maximum atomic E-state index is 10.2. The summed E-state index contributed by atoms with van der Waals surface area (Å²) < 4.78 is 0. The summed E-state index contributed by atoms with van der Waals surface area (Å²) >= 11 is 3.43. The van der Waals surface area contributed by atoms with Crippen molar-refractivity contribution in [3.63, 3.8) is 0 Å². The van der Waals surface area contributed by atoms with Crippen molar-refractivity contribution in [1.82, 2.24) is 0 Å². The van der Waals surface area contributed by atoms with Crippen molar-refractivity contribution in [2.45, 2.75) is 18.9 Å². The Hall–Kier alpha value is -1.12. The topological polar surface area (TPSA) is 20.2 Å². The normalized spacial score (nSPS) is 12.3. The zero-order valence-electron chi connectivity index (χ0n) is 10.2. The lowest BCUT2D eigenvalue weighted by Gasteiger charge is -2.11. The van der Waals surface area contributed by atoms with E-state index in [1.54, 1.807) is 0 Å². The maximum absolute atomic E-state index is 10.2. The summed E-state index contributed by atoms with van der Waals surface area (Å²) in [6.07, 6.45) is 1.26. The Morgan fingerprint density at radius 1 is 0.889 bits per heavy atom. The van der Waals surface area contributed by atoms with Crippen molar-refractivity contribution in [2.75, 3.05) is 5.33 Å². The molecule has 2 aromatic carbocycles. The van der Waals surface area contributed by atoms with Crippen LogP contribution in [0.15, 0.2) is 54.6 Å². The molecule has 2 aromatic rings. The minimum absolute atomic E-state index is 0.426. The number of rotatable bonds is 5. The van der Waals surface area contributed by atoms with E-state index in [-0.39, 0.29) is 0 Å². The van der Waals surface area contributed by atoms with Crippen LogP contribution in [0.4, 0.5) is 0 Å². The molecule has 1 unspecified atom stereocenters. The molecule has 0 fully saturated rings. The zero-order valence-corrected chi connectivity index (χ0v) is 11.8. The first kappa shape index (κ1) is 13.3. The molecule has 0 heterocycles. The van der Waals surface area contributed by atoms with E-state index in [2.05, 4.69) is 28.1 Å². The van der Waals surface area contributed by atoms with E-state index >= 15 is 0 Å². The minimum Gasteiger partial charge on any atom is -0.388 e. The van der Waals surface area contributed by atoms with E-state index in [1.165, 1.54) is 5.56 Å². The summed E-state index contributed by atoms with van der Waals surface area (Å²) in [5.41, 5.74) is 3.44. The molecule has 1 atom stereocenters. The molecule has 0 aliphatic carbocycles. The third kappa shape index (κ3) is 3.69. The van der Waals surface area contributed by atoms with Gasteiger partial charge < -0.3 is 5.11 Å². The van der Waals surface area contributed by atoms with Gasteiger partial charge in [0.05, 0.1) is 6.10 Å².